The largest absolute Gasteiger partial charge is 0.399 e. The van der Waals surface area contributed by atoms with Gasteiger partial charge in [0.25, 0.3) is 0 Å². The van der Waals surface area contributed by atoms with Crippen molar-refractivity contribution in [2.45, 2.75) is 64.2 Å². The topological polar surface area (TPSA) is 52.0 Å². The number of anilines is 2. The second kappa shape index (κ2) is 13.5. The number of aryl methyl sites for hydroxylation is 2. The number of hydrogen-bond donors (Lipinski definition) is 2. The second-order valence-corrected chi connectivity index (χ2v) is 10.1. The Hall–Kier alpha value is -3.52. The van der Waals surface area contributed by atoms with Gasteiger partial charge < -0.3 is 11.5 Å². The molecule has 0 aliphatic rings. The molecule has 4 N–H and O–H groups in total. The quantitative estimate of drug-likeness (QED) is 0.151. The van der Waals surface area contributed by atoms with Gasteiger partial charge in [0.15, 0.2) is 0 Å². The van der Waals surface area contributed by atoms with Gasteiger partial charge in [-0.3, -0.25) is 0 Å². The van der Waals surface area contributed by atoms with Crippen molar-refractivity contribution < 1.29 is 0 Å². The van der Waals surface area contributed by atoms with E-state index in [0.29, 0.717) is 0 Å². The molecule has 4 aromatic rings. The monoisotopic (exact) mass is 476 g/mol. The molecule has 2 heteroatoms. The van der Waals surface area contributed by atoms with E-state index in [-0.39, 0.29) is 0 Å². The van der Waals surface area contributed by atoms with E-state index in [1.165, 1.54) is 84.7 Å². The summed E-state index contributed by atoms with van der Waals surface area (Å²) in [7, 11) is 0. The molecule has 0 saturated carbocycles. The zero-order valence-electron chi connectivity index (χ0n) is 21.5. The van der Waals surface area contributed by atoms with Crippen LogP contribution in [0, 0.1) is 0 Å². The maximum absolute atomic E-state index is 5.78. The summed E-state index contributed by atoms with van der Waals surface area (Å²) in [5.41, 5.74) is 21.5. The SMILES string of the molecule is Nc1ccc(Cc2ccc(CCCCCCCCc3ccc(Cc4ccc(N)cc4)cc3)cc2)cc1. The van der Waals surface area contributed by atoms with Crippen LogP contribution in [0.3, 0.4) is 0 Å². The molecule has 0 aliphatic carbocycles. The molecular formula is C34H40N2. The first-order chi connectivity index (χ1) is 17.6. The molecule has 0 bridgehead atoms. The highest BCUT2D eigenvalue weighted by atomic mass is 14.5. The highest BCUT2D eigenvalue weighted by Gasteiger charge is 2.01. The van der Waals surface area contributed by atoms with Gasteiger partial charge in [-0.25, -0.2) is 0 Å². The Morgan fingerprint density at radius 2 is 0.556 bits per heavy atom. The molecule has 0 radical (unpaired) electrons. The van der Waals surface area contributed by atoms with Gasteiger partial charge in [-0.05, 0) is 96.2 Å². The van der Waals surface area contributed by atoms with E-state index >= 15 is 0 Å². The predicted octanol–water partition coefficient (Wildman–Crippen LogP) is 8.16. The van der Waals surface area contributed by atoms with Crippen LogP contribution >= 0.6 is 0 Å². The van der Waals surface area contributed by atoms with E-state index < -0.39 is 0 Å². The minimum Gasteiger partial charge on any atom is -0.399 e. The zero-order chi connectivity index (χ0) is 25.0. The smallest absolute Gasteiger partial charge is 0.0314 e. The number of unbranched alkanes of at least 4 members (excludes halogenated alkanes) is 5. The number of nitrogens with two attached hydrogens (primary N) is 2. The van der Waals surface area contributed by atoms with Crippen molar-refractivity contribution in [2.75, 3.05) is 11.5 Å². The lowest BCUT2D eigenvalue weighted by atomic mass is 9.99. The zero-order valence-corrected chi connectivity index (χ0v) is 21.5. The van der Waals surface area contributed by atoms with E-state index in [1.54, 1.807) is 0 Å². The molecule has 0 heterocycles. The van der Waals surface area contributed by atoms with Crippen molar-refractivity contribution in [3.05, 3.63) is 130 Å². The lowest BCUT2D eigenvalue weighted by Gasteiger charge is -2.07. The molecular weight excluding hydrogens is 436 g/mol. The van der Waals surface area contributed by atoms with Crippen molar-refractivity contribution in [1.82, 2.24) is 0 Å². The molecule has 0 saturated heterocycles. The van der Waals surface area contributed by atoms with E-state index in [2.05, 4.69) is 72.8 Å². The Balaban J connectivity index is 1.05. The Kier molecular flexibility index (Phi) is 9.61. The van der Waals surface area contributed by atoms with Gasteiger partial charge in [0.1, 0.15) is 0 Å². The summed E-state index contributed by atoms with van der Waals surface area (Å²) in [5, 5.41) is 0. The van der Waals surface area contributed by atoms with Crippen LogP contribution in [0.5, 0.6) is 0 Å². The Bertz CT molecular complexity index is 1060. The normalized spacial score (nSPS) is 11.0. The van der Waals surface area contributed by atoms with Crippen LogP contribution < -0.4 is 11.5 Å². The Morgan fingerprint density at radius 3 is 0.889 bits per heavy atom. The molecule has 0 aromatic heterocycles. The van der Waals surface area contributed by atoms with Gasteiger partial charge in [0, 0.05) is 11.4 Å². The van der Waals surface area contributed by atoms with E-state index in [9.17, 15) is 0 Å². The molecule has 186 valence electrons. The van der Waals surface area contributed by atoms with Gasteiger partial charge in [0.2, 0.25) is 0 Å². The summed E-state index contributed by atoms with van der Waals surface area (Å²) in [6.07, 6.45) is 12.2. The van der Waals surface area contributed by atoms with Gasteiger partial charge in [0.05, 0.1) is 0 Å². The van der Waals surface area contributed by atoms with E-state index in [1.807, 2.05) is 24.3 Å². The first kappa shape index (κ1) is 25.6. The van der Waals surface area contributed by atoms with Gasteiger partial charge >= 0.3 is 0 Å². The molecule has 0 spiro atoms. The van der Waals surface area contributed by atoms with Gasteiger partial charge in [-0.15, -0.1) is 0 Å². The lowest BCUT2D eigenvalue weighted by molar-refractivity contribution is 0.594. The molecule has 0 unspecified atom stereocenters. The van der Waals surface area contributed by atoms with Crippen molar-refractivity contribution in [2.24, 2.45) is 0 Å². The van der Waals surface area contributed by atoms with E-state index in [0.717, 1.165) is 24.2 Å². The van der Waals surface area contributed by atoms with Gasteiger partial charge in [-0.2, -0.15) is 0 Å². The fraction of sp³-hybridized carbons (Fsp3) is 0.294. The number of benzene rings is 4. The van der Waals surface area contributed by atoms with Crippen LogP contribution in [-0.2, 0) is 25.7 Å². The maximum atomic E-state index is 5.78. The summed E-state index contributed by atoms with van der Waals surface area (Å²) in [6, 6.07) is 34.7. The highest BCUT2D eigenvalue weighted by molar-refractivity contribution is 5.41. The fourth-order valence-electron chi connectivity index (χ4n) is 4.76. The van der Waals surface area contributed by atoms with Crippen LogP contribution in [0.4, 0.5) is 11.4 Å². The first-order valence-electron chi connectivity index (χ1n) is 13.5. The molecule has 0 fully saturated rings. The third kappa shape index (κ3) is 8.61. The van der Waals surface area contributed by atoms with Crippen LogP contribution in [0.1, 0.15) is 71.9 Å². The Morgan fingerprint density at radius 1 is 0.306 bits per heavy atom. The number of hydrogen-bond acceptors (Lipinski definition) is 2. The Labute approximate surface area is 217 Å². The van der Waals surface area contributed by atoms with E-state index in [4.69, 9.17) is 11.5 Å². The van der Waals surface area contributed by atoms with Crippen LogP contribution in [0.2, 0.25) is 0 Å². The molecule has 36 heavy (non-hydrogen) atoms. The molecule has 2 nitrogen and oxygen atoms in total. The number of nitrogen functional groups attached to an aromatic ring is 2. The van der Waals surface area contributed by atoms with Crippen LogP contribution in [0.15, 0.2) is 97.1 Å². The first-order valence-corrected chi connectivity index (χ1v) is 13.5. The van der Waals surface area contributed by atoms with Crippen molar-refractivity contribution in [3.63, 3.8) is 0 Å². The summed E-state index contributed by atoms with van der Waals surface area (Å²) < 4.78 is 0. The molecule has 0 amide bonds. The van der Waals surface area contributed by atoms with Crippen molar-refractivity contribution in [1.29, 1.82) is 0 Å². The summed E-state index contributed by atoms with van der Waals surface area (Å²) in [6.45, 7) is 0. The lowest BCUT2D eigenvalue weighted by Crippen LogP contribution is -1.92. The summed E-state index contributed by atoms with van der Waals surface area (Å²) >= 11 is 0. The number of rotatable bonds is 13. The standard InChI is InChI=1S/C34H40N2/c35-33-21-17-31(18-22-33)25-29-13-9-27(10-14-29)7-5-3-1-2-4-6-8-28-11-15-30(16-12-28)26-32-19-23-34(36)24-20-32/h9-24H,1-8,25-26,35-36H2. The highest BCUT2D eigenvalue weighted by Crippen LogP contribution is 2.17. The minimum atomic E-state index is 0.825. The third-order valence-corrected chi connectivity index (χ3v) is 7.00. The average Bonchev–Trinajstić information content (AvgIpc) is 2.90. The second-order valence-electron chi connectivity index (χ2n) is 10.1. The molecule has 0 aliphatic heterocycles. The van der Waals surface area contributed by atoms with Crippen molar-refractivity contribution >= 4 is 11.4 Å². The summed E-state index contributed by atoms with van der Waals surface area (Å²) in [5.74, 6) is 0. The van der Waals surface area contributed by atoms with Gasteiger partial charge in [-0.1, -0.05) is 98.5 Å². The molecule has 0 atom stereocenters. The van der Waals surface area contributed by atoms with Crippen molar-refractivity contribution in [3.8, 4) is 0 Å². The third-order valence-electron chi connectivity index (χ3n) is 7.00. The minimum absolute atomic E-state index is 0.825. The predicted molar refractivity (Wildman–Crippen MR) is 155 cm³/mol. The summed E-state index contributed by atoms with van der Waals surface area (Å²) in [4.78, 5) is 0. The van der Waals surface area contributed by atoms with Crippen LogP contribution in [-0.4, -0.2) is 0 Å². The maximum Gasteiger partial charge on any atom is 0.0314 e. The van der Waals surface area contributed by atoms with Crippen LogP contribution in [0.25, 0.3) is 0 Å². The fourth-order valence-corrected chi connectivity index (χ4v) is 4.76. The average molecular weight is 477 g/mol. The molecule has 4 rings (SSSR count). The molecule has 4 aromatic carbocycles.